The number of aromatic amines is 1. The quantitative estimate of drug-likeness (QED) is 0.793. The van der Waals surface area contributed by atoms with Crippen molar-refractivity contribution in [1.29, 1.82) is 0 Å². The first-order chi connectivity index (χ1) is 12.1. The van der Waals surface area contributed by atoms with Crippen LogP contribution in [0.1, 0.15) is 23.8 Å². The number of likely N-dealkylation sites (tertiary alicyclic amines) is 1. The number of sulfone groups is 1. The van der Waals surface area contributed by atoms with Crippen LogP contribution in [0.5, 0.6) is 0 Å². The SMILES string of the molecule is CC1CCN(C(=O)[C@@H]2CS(=O)(=O)C[C@H]2NC(=O)c2ccc[nH]2)CC1(F)F. The van der Waals surface area contributed by atoms with Crippen molar-refractivity contribution in [2.24, 2.45) is 11.8 Å². The summed E-state index contributed by atoms with van der Waals surface area (Å²) >= 11 is 0. The van der Waals surface area contributed by atoms with Crippen LogP contribution in [0.25, 0.3) is 0 Å². The molecule has 1 aromatic rings. The van der Waals surface area contributed by atoms with Gasteiger partial charge >= 0.3 is 0 Å². The third-order valence-electron chi connectivity index (χ3n) is 5.10. The molecule has 10 heteroatoms. The highest BCUT2D eigenvalue weighted by Gasteiger charge is 2.48. The molecule has 0 saturated carbocycles. The van der Waals surface area contributed by atoms with Crippen LogP contribution in [-0.2, 0) is 14.6 Å². The van der Waals surface area contributed by atoms with E-state index in [1.807, 2.05) is 0 Å². The van der Waals surface area contributed by atoms with Crippen molar-refractivity contribution in [2.45, 2.75) is 25.3 Å². The molecule has 2 N–H and O–H groups in total. The molecule has 1 unspecified atom stereocenters. The molecule has 2 fully saturated rings. The average Bonchev–Trinajstić information content (AvgIpc) is 3.17. The number of nitrogens with one attached hydrogen (secondary N) is 2. The van der Waals surface area contributed by atoms with Crippen molar-refractivity contribution in [3.8, 4) is 0 Å². The van der Waals surface area contributed by atoms with Crippen LogP contribution >= 0.6 is 0 Å². The molecule has 3 rings (SSSR count). The molecule has 1 aromatic heterocycles. The average molecular weight is 389 g/mol. The molecular formula is C16H21F2N3O4S. The summed E-state index contributed by atoms with van der Waals surface area (Å²) in [7, 11) is -3.54. The van der Waals surface area contributed by atoms with Gasteiger partial charge in [-0.1, -0.05) is 6.92 Å². The van der Waals surface area contributed by atoms with Gasteiger partial charge in [0.1, 0.15) is 5.69 Å². The van der Waals surface area contributed by atoms with Gasteiger partial charge in [-0.25, -0.2) is 17.2 Å². The van der Waals surface area contributed by atoms with Crippen molar-refractivity contribution >= 4 is 21.7 Å². The number of hydrogen-bond acceptors (Lipinski definition) is 4. The molecule has 3 atom stereocenters. The molecule has 2 saturated heterocycles. The third-order valence-corrected chi connectivity index (χ3v) is 6.83. The summed E-state index contributed by atoms with van der Waals surface area (Å²) in [5.74, 6) is -6.89. The van der Waals surface area contributed by atoms with Crippen molar-refractivity contribution < 1.29 is 26.8 Å². The van der Waals surface area contributed by atoms with Gasteiger partial charge in [0.05, 0.1) is 30.0 Å². The molecule has 2 amide bonds. The molecule has 2 aliphatic heterocycles. The molecule has 0 aromatic carbocycles. The normalized spacial score (nSPS) is 30.1. The summed E-state index contributed by atoms with van der Waals surface area (Å²) in [6.07, 6.45) is 1.69. The lowest BCUT2D eigenvalue weighted by Gasteiger charge is -2.38. The number of piperidine rings is 1. The molecular weight excluding hydrogens is 368 g/mol. The van der Waals surface area contributed by atoms with Gasteiger partial charge in [0.15, 0.2) is 9.84 Å². The van der Waals surface area contributed by atoms with Crippen LogP contribution in [0.4, 0.5) is 8.78 Å². The van der Waals surface area contributed by atoms with E-state index in [0.29, 0.717) is 0 Å². The molecule has 26 heavy (non-hydrogen) atoms. The van der Waals surface area contributed by atoms with E-state index in [-0.39, 0.29) is 24.4 Å². The Morgan fingerprint density at radius 1 is 1.35 bits per heavy atom. The highest BCUT2D eigenvalue weighted by molar-refractivity contribution is 7.91. The third kappa shape index (κ3) is 3.74. The van der Waals surface area contributed by atoms with Crippen LogP contribution in [0.2, 0.25) is 0 Å². The lowest BCUT2D eigenvalue weighted by Crippen LogP contribution is -2.54. The highest BCUT2D eigenvalue weighted by Crippen LogP contribution is 2.34. The molecule has 0 radical (unpaired) electrons. The summed E-state index contributed by atoms with van der Waals surface area (Å²) in [4.78, 5) is 28.6. The molecule has 2 aliphatic rings. The van der Waals surface area contributed by atoms with Gasteiger partial charge in [0, 0.05) is 18.7 Å². The monoisotopic (exact) mass is 389 g/mol. The number of hydrogen-bond donors (Lipinski definition) is 2. The smallest absolute Gasteiger partial charge is 0.267 e. The minimum absolute atomic E-state index is 0.151. The fourth-order valence-electron chi connectivity index (χ4n) is 3.42. The first kappa shape index (κ1) is 18.8. The van der Waals surface area contributed by atoms with Crippen LogP contribution in [0, 0.1) is 11.8 Å². The Balaban J connectivity index is 1.75. The highest BCUT2D eigenvalue weighted by atomic mass is 32.2. The van der Waals surface area contributed by atoms with Crippen molar-refractivity contribution in [3.63, 3.8) is 0 Å². The Morgan fingerprint density at radius 2 is 2.08 bits per heavy atom. The van der Waals surface area contributed by atoms with Gasteiger partial charge < -0.3 is 15.2 Å². The number of carbonyl (C=O) groups excluding carboxylic acids is 2. The van der Waals surface area contributed by atoms with E-state index in [9.17, 15) is 26.8 Å². The zero-order valence-corrected chi connectivity index (χ0v) is 15.1. The van der Waals surface area contributed by atoms with Crippen molar-refractivity contribution in [1.82, 2.24) is 15.2 Å². The number of rotatable bonds is 3. The number of carbonyl (C=O) groups is 2. The van der Waals surface area contributed by atoms with E-state index in [0.717, 1.165) is 4.90 Å². The summed E-state index contributed by atoms with van der Waals surface area (Å²) in [6.45, 7) is 0.867. The number of halogens is 2. The van der Waals surface area contributed by atoms with Gasteiger partial charge in [-0.15, -0.1) is 0 Å². The topological polar surface area (TPSA) is 99.3 Å². The van der Waals surface area contributed by atoms with E-state index in [2.05, 4.69) is 10.3 Å². The summed E-state index contributed by atoms with van der Waals surface area (Å²) in [5.41, 5.74) is 0.235. The van der Waals surface area contributed by atoms with Gasteiger partial charge in [-0.3, -0.25) is 9.59 Å². The maximum atomic E-state index is 14.0. The zero-order valence-electron chi connectivity index (χ0n) is 14.2. The number of H-pyrrole nitrogens is 1. The van der Waals surface area contributed by atoms with Gasteiger partial charge in [0.25, 0.3) is 11.8 Å². The molecule has 0 bridgehead atoms. The Morgan fingerprint density at radius 3 is 2.69 bits per heavy atom. The molecule has 0 spiro atoms. The minimum Gasteiger partial charge on any atom is -0.357 e. The maximum Gasteiger partial charge on any atom is 0.267 e. The predicted octanol–water partition coefficient (Wildman–Crippen LogP) is 0.661. The van der Waals surface area contributed by atoms with Gasteiger partial charge in [-0.05, 0) is 18.6 Å². The van der Waals surface area contributed by atoms with Crippen LogP contribution < -0.4 is 5.32 Å². The number of nitrogens with zero attached hydrogens (tertiary/aromatic N) is 1. The van der Waals surface area contributed by atoms with Crippen LogP contribution in [-0.4, -0.2) is 66.7 Å². The lowest BCUT2D eigenvalue weighted by atomic mass is 9.93. The number of amides is 2. The minimum atomic E-state index is -3.54. The summed E-state index contributed by atoms with van der Waals surface area (Å²) < 4.78 is 51.9. The molecule has 0 aliphatic carbocycles. The second-order valence-corrected chi connectivity index (χ2v) is 9.21. The summed E-state index contributed by atoms with van der Waals surface area (Å²) in [5, 5.41) is 2.55. The van der Waals surface area contributed by atoms with Gasteiger partial charge in [0.2, 0.25) is 5.91 Å². The van der Waals surface area contributed by atoms with E-state index in [1.165, 1.54) is 13.0 Å². The Kier molecular flexibility index (Phi) is 4.80. The Labute approximate surface area is 150 Å². The van der Waals surface area contributed by atoms with E-state index < -0.39 is 57.7 Å². The van der Waals surface area contributed by atoms with E-state index in [1.54, 1.807) is 12.3 Å². The summed E-state index contributed by atoms with van der Waals surface area (Å²) in [6, 6.07) is 2.19. The second-order valence-electron chi connectivity index (χ2n) is 7.06. The zero-order chi connectivity index (χ0) is 19.1. The maximum absolute atomic E-state index is 14.0. The Bertz CT molecular complexity index is 794. The van der Waals surface area contributed by atoms with E-state index >= 15 is 0 Å². The standard InChI is InChI=1S/C16H21F2N3O4S/c1-10-4-6-21(9-16(10,17)18)15(23)11-7-26(24,25)8-13(11)20-14(22)12-3-2-5-19-12/h2-3,5,10-11,13,19H,4,6-9H2,1H3,(H,20,22)/t10?,11-,13-/m1/s1. The lowest BCUT2D eigenvalue weighted by molar-refractivity contribution is -0.152. The molecule has 7 nitrogen and oxygen atoms in total. The fraction of sp³-hybridized carbons (Fsp3) is 0.625. The predicted molar refractivity (Wildman–Crippen MR) is 89.5 cm³/mol. The number of aromatic nitrogens is 1. The van der Waals surface area contributed by atoms with E-state index in [4.69, 9.17) is 0 Å². The van der Waals surface area contributed by atoms with Crippen molar-refractivity contribution in [3.05, 3.63) is 24.0 Å². The second kappa shape index (κ2) is 6.64. The number of alkyl halides is 2. The first-order valence-corrected chi connectivity index (χ1v) is 10.2. The molecule has 144 valence electrons. The van der Waals surface area contributed by atoms with Crippen LogP contribution in [0.3, 0.4) is 0 Å². The molecule has 3 heterocycles. The van der Waals surface area contributed by atoms with Crippen molar-refractivity contribution in [2.75, 3.05) is 24.6 Å². The first-order valence-electron chi connectivity index (χ1n) is 8.40. The Hall–Kier alpha value is -1.97. The van der Waals surface area contributed by atoms with Gasteiger partial charge in [-0.2, -0.15) is 0 Å². The fourth-order valence-corrected chi connectivity index (χ4v) is 5.34. The van der Waals surface area contributed by atoms with Crippen LogP contribution in [0.15, 0.2) is 18.3 Å². The largest absolute Gasteiger partial charge is 0.357 e.